The summed E-state index contributed by atoms with van der Waals surface area (Å²) in [4.78, 5) is 35.1. The van der Waals surface area contributed by atoms with Crippen molar-refractivity contribution in [2.24, 2.45) is 0 Å². The third kappa shape index (κ3) is 10.5. The lowest BCUT2D eigenvalue weighted by Crippen LogP contribution is -2.48. The Morgan fingerprint density at radius 1 is 1.05 bits per heavy atom. The van der Waals surface area contributed by atoms with E-state index in [1.54, 1.807) is 21.8 Å². The number of hydrogen-bond acceptors (Lipinski definition) is 8. The summed E-state index contributed by atoms with van der Waals surface area (Å²) in [6, 6.07) is -0.124. The average Bonchev–Trinajstić information content (AvgIpc) is 2.95. The Hall–Kier alpha value is -3.43. The Balaban J connectivity index is 0.00000201. The first-order valence-corrected chi connectivity index (χ1v) is 13.3. The predicted octanol–water partition coefficient (Wildman–Crippen LogP) is 4.60. The topological polar surface area (TPSA) is 116 Å². The van der Waals surface area contributed by atoms with E-state index in [0.29, 0.717) is 32.5 Å². The molecular formula is C25H37F6N7O3. The van der Waals surface area contributed by atoms with Crippen molar-refractivity contribution in [3.63, 3.8) is 0 Å². The van der Waals surface area contributed by atoms with Crippen molar-refractivity contribution in [1.29, 1.82) is 0 Å². The molecule has 0 radical (unpaired) electrons. The molecule has 1 fully saturated rings. The van der Waals surface area contributed by atoms with Gasteiger partial charge in [-0.15, -0.1) is 0 Å². The highest BCUT2D eigenvalue weighted by Crippen LogP contribution is 2.31. The molecule has 2 aromatic rings. The van der Waals surface area contributed by atoms with E-state index in [4.69, 9.17) is 4.74 Å². The molecule has 0 spiro atoms. The molecule has 0 aliphatic carbocycles. The van der Waals surface area contributed by atoms with Crippen molar-refractivity contribution in [3.05, 3.63) is 40.1 Å². The molecule has 0 atom stereocenters. The summed E-state index contributed by atoms with van der Waals surface area (Å²) >= 11 is 0. The first-order valence-electron chi connectivity index (χ1n) is 13.3. The van der Waals surface area contributed by atoms with Crippen LogP contribution in [-0.4, -0.2) is 76.4 Å². The fraction of sp³-hybridized carbons (Fsp3) is 0.640. The Morgan fingerprint density at radius 3 is 2.15 bits per heavy atom. The van der Waals surface area contributed by atoms with Gasteiger partial charge in [-0.1, -0.05) is 27.7 Å². The van der Waals surface area contributed by atoms with Crippen LogP contribution < -0.4 is 15.8 Å². The second-order valence-electron chi connectivity index (χ2n) is 8.13. The van der Waals surface area contributed by atoms with Gasteiger partial charge in [0.15, 0.2) is 0 Å². The molecule has 41 heavy (non-hydrogen) atoms. The van der Waals surface area contributed by atoms with Crippen molar-refractivity contribution >= 4 is 17.5 Å². The van der Waals surface area contributed by atoms with Crippen molar-refractivity contribution in [1.82, 2.24) is 25.1 Å². The molecule has 1 amide bonds. The van der Waals surface area contributed by atoms with Gasteiger partial charge in [0.25, 0.3) is 5.56 Å². The molecular weight excluding hydrogens is 560 g/mol. The maximum Gasteiger partial charge on any atom is 0.423 e. The lowest BCUT2D eigenvalue weighted by molar-refractivity contribution is -0.139. The van der Waals surface area contributed by atoms with Crippen LogP contribution in [0.1, 0.15) is 58.6 Å². The minimum Gasteiger partial charge on any atom is -0.381 e. The highest BCUT2D eigenvalue weighted by molar-refractivity contribution is 5.77. The fourth-order valence-electron chi connectivity index (χ4n) is 3.96. The normalized spacial score (nSPS) is 13.9. The van der Waals surface area contributed by atoms with Gasteiger partial charge in [-0.05, 0) is 19.8 Å². The van der Waals surface area contributed by atoms with E-state index < -0.39 is 34.7 Å². The quantitative estimate of drug-likeness (QED) is 0.319. The Labute approximate surface area is 234 Å². The Morgan fingerprint density at radius 2 is 1.63 bits per heavy atom. The first kappa shape index (κ1) is 35.6. The van der Waals surface area contributed by atoms with Gasteiger partial charge in [0.1, 0.15) is 12.2 Å². The van der Waals surface area contributed by atoms with Gasteiger partial charge < -0.3 is 19.9 Å². The van der Waals surface area contributed by atoms with Crippen LogP contribution in [0.2, 0.25) is 0 Å². The van der Waals surface area contributed by atoms with Crippen molar-refractivity contribution in [2.45, 2.75) is 65.9 Å². The Bertz CT molecular complexity index is 1100. The van der Waals surface area contributed by atoms with Crippen LogP contribution in [0.4, 0.5) is 38.0 Å². The summed E-state index contributed by atoms with van der Waals surface area (Å²) < 4.78 is 82.6. The van der Waals surface area contributed by atoms with E-state index in [9.17, 15) is 35.9 Å². The number of nitrogens with one attached hydrogen (secondary N) is 2. The molecule has 1 aliphatic heterocycles. The molecule has 2 N–H and O–H groups in total. The molecule has 16 heteroatoms. The van der Waals surface area contributed by atoms with E-state index in [1.807, 2.05) is 27.7 Å². The average molecular weight is 598 g/mol. The zero-order chi connectivity index (χ0) is 31.2. The SMILES string of the molecule is CC.CC.CCN(C(=O)COCCNc1cn[nH]c(=O)c1C(F)(F)F)C1CCN(c2ncc(C(F)(F)F)cn2)CC1. The summed E-state index contributed by atoms with van der Waals surface area (Å²) in [5, 5.41) is 7.53. The summed E-state index contributed by atoms with van der Waals surface area (Å²) in [5.41, 5.74) is -4.20. The molecule has 10 nitrogen and oxygen atoms in total. The van der Waals surface area contributed by atoms with Crippen LogP contribution in [0.3, 0.4) is 0 Å². The number of aromatic nitrogens is 4. The highest BCUT2D eigenvalue weighted by Gasteiger charge is 2.37. The monoisotopic (exact) mass is 597 g/mol. The number of aromatic amines is 1. The third-order valence-corrected chi connectivity index (χ3v) is 5.74. The number of carbonyl (C=O) groups is 1. The van der Waals surface area contributed by atoms with E-state index >= 15 is 0 Å². The predicted molar refractivity (Wildman–Crippen MR) is 142 cm³/mol. The molecule has 1 aliphatic rings. The van der Waals surface area contributed by atoms with E-state index in [-0.39, 0.29) is 37.7 Å². The van der Waals surface area contributed by atoms with Gasteiger partial charge in [-0.2, -0.15) is 31.4 Å². The number of ether oxygens (including phenoxy) is 1. The first-order chi connectivity index (χ1) is 19.4. The van der Waals surface area contributed by atoms with Crippen LogP contribution in [0.15, 0.2) is 23.4 Å². The number of halogens is 6. The van der Waals surface area contributed by atoms with Crippen LogP contribution in [-0.2, 0) is 21.9 Å². The number of hydrogen-bond donors (Lipinski definition) is 2. The number of H-pyrrole nitrogens is 1. The number of nitrogens with zero attached hydrogens (tertiary/aromatic N) is 5. The second kappa shape index (κ2) is 16.7. The molecule has 1 saturated heterocycles. The van der Waals surface area contributed by atoms with Crippen LogP contribution in [0.25, 0.3) is 0 Å². The summed E-state index contributed by atoms with van der Waals surface area (Å²) in [5.74, 6) is -0.124. The van der Waals surface area contributed by atoms with Crippen molar-refractivity contribution in [2.75, 3.05) is 49.6 Å². The molecule has 3 heterocycles. The van der Waals surface area contributed by atoms with Crippen molar-refractivity contribution in [3.8, 4) is 0 Å². The highest BCUT2D eigenvalue weighted by atomic mass is 19.4. The molecule has 0 unspecified atom stereocenters. The zero-order valence-electron chi connectivity index (χ0n) is 23.7. The summed E-state index contributed by atoms with van der Waals surface area (Å²) in [7, 11) is 0. The van der Waals surface area contributed by atoms with Crippen LogP contribution in [0.5, 0.6) is 0 Å². The molecule has 0 saturated carbocycles. The third-order valence-electron chi connectivity index (χ3n) is 5.74. The maximum absolute atomic E-state index is 13.1. The minimum atomic E-state index is -4.87. The van der Waals surface area contributed by atoms with E-state index in [0.717, 1.165) is 18.6 Å². The number of rotatable bonds is 9. The van der Waals surface area contributed by atoms with Crippen LogP contribution >= 0.6 is 0 Å². The maximum atomic E-state index is 13.1. The van der Waals surface area contributed by atoms with Gasteiger partial charge in [0.05, 0.1) is 24.1 Å². The largest absolute Gasteiger partial charge is 0.423 e. The number of alkyl halides is 6. The fourth-order valence-corrected chi connectivity index (χ4v) is 3.96. The minimum absolute atomic E-state index is 0.0981. The number of anilines is 2. The van der Waals surface area contributed by atoms with E-state index in [1.165, 1.54) is 0 Å². The number of carbonyl (C=O) groups excluding carboxylic acids is 1. The van der Waals surface area contributed by atoms with Crippen molar-refractivity contribution < 1.29 is 35.9 Å². The summed E-state index contributed by atoms with van der Waals surface area (Å²) in [6.45, 7) is 10.6. The number of amides is 1. The summed E-state index contributed by atoms with van der Waals surface area (Å²) in [6.07, 6.45) is -5.99. The smallest absolute Gasteiger partial charge is 0.381 e. The van der Waals surface area contributed by atoms with Gasteiger partial charge >= 0.3 is 12.4 Å². The molecule has 3 rings (SSSR count). The second-order valence-corrected chi connectivity index (χ2v) is 8.13. The van der Waals surface area contributed by atoms with Gasteiger partial charge in [-0.25, -0.2) is 15.1 Å². The lowest BCUT2D eigenvalue weighted by atomic mass is 10.0. The lowest BCUT2D eigenvalue weighted by Gasteiger charge is -2.38. The molecule has 232 valence electrons. The van der Waals surface area contributed by atoms with Crippen LogP contribution in [0, 0.1) is 0 Å². The van der Waals surface area contributed by atoms with E-state index in [2.05, 4.69) is 20.4 Å². The molecule has 0 aromatic carbocycles. The number of piperidine rings is 1. The Kier molecular flexibility index (Phi) is 14.5. The standard InChI is InChI=1S/C21H25F6N7O3.2C2H6/c1-2-34(14-3-6-33(7-4-14)19-29-9-13(10-30-19)20(22,23)24)16(35)12-37-8-5-28-15-11-31-32-18(36)17(15)21(25,26)27;2*1-2/h9-11,14H,2-8,12H2,1H3,(H2,28,32,36);2*1-2H3. The zero-order valence-corrected chi connectivity index (χ0v) is 23.7. The number of likely N-dealkylation sites (N-methyl/N-ethyl adjacent to an activating group) is 1. The molecule has 0 bridgehead atoms. The van der Waals surface area contributed by atoms with Gasteiger partial charge in [0, 0.05) is 44.6 Å². The van der Waals surface area contributed by atoms with Gasteiger partial charge in [0.2, 0.25) is 11.9 Å². The molecule has 2 aromatic heterocycles. The van der Waals surface area contributed by atoms with Gasteiger partial charge in [-0.3, -0.25) is 9.59 Å².